The molecule has 0 aromatic heterocycles. The standard InChI is InChI=1S/C8H7FNO/c9-7-1-3-8(4-2-7)10-5-6-11/h1-6,10H. The molecular weight excluding hydrogens is 145 g/mol. The predicted octanol–water partition coefficient (Wildman–Crippen LogP) is 1.60. The number of carbonyl (C=O) groups excluding carboxylic acids is 1. The molecule has 1 aromatic carbocycles. The molecule has 11 heavy (non-hydrogen) atoms. The van der Waals surface area contributed by atoms with E-state index in [1.165, 1.54) is 18.7 Å². The number of hydrogen-bond acceptors (Lipinski definition) is 2. The molecule has 0 heterocycles. The maximum absolute atomic E-state index is 12.3. The summed E-state index contributed by atoms with van der Waals surface area (Å²) in [6, 6.07) is 5.74. The van der Waals surface area contributed by atoms with Crippen LogP contribution in [0.5, 0.6) is 0 Å². The zero-order valence-corrected chi connectivity index (χ0v) is 5.75. The van der Waals surface area contributed by atoms with Crippen molar-refractivity contribution in [3.05, 3.63) is 36.6 Å². The molecule has 1 aromatic rings. The van der Waals surface area contributed by atoms with Crippen LogP contribution in [0.3, 0.4) is 0 Å². The van der Waals surface area contributed by atoms with Gasteiger partial charge >= 0.3 is 0 Å². The Morgan fingerprint density at radius 3 is 2.45 bits per heavy atom. The molecule has 1 radical (unpaired) electrons. The molecule has 1 N–H and O–H groups in total. The van der Waals surface area contributed by atoms with Crippen LogP contribution in [-0.2, 0) is 4.79 Å². The van der Waals surface area contributed by atoms with Gasteiger partial charge in [0.2, 0.25) is 0 Å². The van der Waals surface area contributed by atoms with Crippen molar-refractivity contribution in [2.75, 3.05) is 5.32 Å². The molecule has 57 valence electrons. The number of aldehydes is 1. The highest BCUT2D eigenvalue weighted by atomic mass is 19.1. The SMILES string of the molecule is O=C[CH]Nc1ccc(F)cc1. The monoisotopic (exact) mass is 152 g/mol. The van der Waals surface area contributed by atoms with Gasteiger partial charge < -0.3 is 10.1 Å². The zero-order valence-electron chi connectivity index (χ0n) is 5.75. The highest BCUT2D eigenvalue weighted by Gasteiger charge is 1.90. The van der Waals surface area contributed by atoms with Crippen molar-refractivity contribution in [2.45, 2.75) is 0 Å². The summed E-state index contributed by atoms with van der Waals surface area (Å²) in [5.41, 5.74) is 0.693. The summed E-state index contributed by atoms with van der Waals surface area (Å²) in [6.07, 6.45) is 0.628. The third-order valence-electron chi connectivity index (χ3n) is 1.16. The summed E-state index contributed by atoms with van der Waals surface area (Å²) in [7, 11) is 0. The van der Waals surface area contributed by atoms with Gasteiger partial charge in [-0.3, -0.25) is 0 Å². The van der Waals surface area contributed by atoms with Crippen LogP contribution in [0, 0.1) is 12.4 Å². The van der Waals surface area contributed by atoms with Crippen molar-refractivity contribution in [1.29, 1.82) is 0 Å². The summed E-state index contributed by atoms with van der Waals surface area (Å²) in [5.74, 6) is -0.290. The summed E-state index contributed by atoms with van der Waals surface area (Å²) in [6.45, 7) is 1.24. The normalized spacial score (nSPS) is 9.18. The van der Waals surface area contributed by atoms with Crippen molar-refractivity contribution < 1.29 is 9.18 Å². The first-order valence-electron chi connectivity index (χ1n) is 3.12. The molecule has 0 aliphatic rings. The van der Waals surface area contributed by atoms with Crippen LogP contribution in [-0.4, -0.2) is 6.29 Å². The Morgan fingerprint density at radius 1 is 1.27 bits per heavy atom. The molecule has 0 bridgehead atoms. The van der Waals surface area contributed by atoms with Gasteiger partial charge in [-0.15, -0.1) is 0 Å². The molecule has 0 spiro atoms. The van der Waals surface area contributed by atoms with Crippen LogP contribution in [0.25, 0.3) is 0 Å². The van der Waals surface area contributed by atoms with E-state index in [0.29, 0.717) is 12.0 Å². The predicted molar refractivity (Wildman–Crippen MR) is 40.4 cm³/mol. The second kappa shape index (κ2) is 3.71. The molecule has 0 unspecified atom stereocenters. The first-order valence-corrected chi connectivity index (χ1v) is 3.12. The van der Waals surface area contributed by atoms with Crippen LogP contribution in [0.15, 0.2) is 24.3 Å². The fourth-order valence-corrected chi connectivity index (χ4v) is 0.676. The molecule has 3 heteroatoms. The van der Waals surface area contributed by atoms with Gasteiger partial charge in [0.1, 0.15) is 18.6 Å². The Morgan fingerprint density at radius 2 is 1.91 bits per heavy atom. The van der Waals surface area contributed by atoms with Crippen LogP contribution in [0.2, 0.25) is 0 Å². The van der Waals surface area contributed by atoms with Crippen LogP contribution in [0.1, 0.15) is 0 Å². The number of carbonyl (C=O) groups is 1. The lowest BCUT2D eigenvalue weighted by Crippen LogP contribution is -1.94. The lowest BCUT2D eigenvalue weighted by atomic mass is 10.3. The smallest absolute Gasteiger partial charge is 0.144 e. The summed E-state index contributed by atoms with van der Waals surface area (Å²) < 4.78 is 12.3. The van der Waals surface area contributed by atoms with E-state index in [0.717, 1.165) is 0 Å². The highest BCUT2D eigenvalue weighted by Crippen LogP contribution is 2.07. The lowest BCUT2D eigenvalue weighted by Gasteiger charge is -1.99. The third-order valence-corrected chi connectivity index (χ3v) is 1.16. The van der Waals surface area contributed by atoms with E-state index in [4.69, 9.17) is 0 Å². The average Bonchev–Trinajstić information content (AvgIpc) is 2.04. The number of halogens is 1. The largest absolute Gasteiger partial charge is 0.373 e. The zero-order chi connectivity index (χ0) is 8.10. The molecular formula is C8H7FNO. The molecule has 0 fully saturated rings. The molecule has 0 atom stereocenters. The van der Waals surface area contributed by atoms with Crippen molar-refractivity contribution >= 4 is 12.0 Å². The highest BCUT2D eigenvalue weighted by molar-refractivity contribution is 5.66. The van der Waals surface area contributed by atoms with Gasteiger partial charge in [0.15, 0.2) is 0 Å². The van der Waals surface area contributed by atoms with Gasteiger partial charge in [-0.25, -0.2) is 4.39 Å². The fraction of sp³-hybridized carbons (Fsp3) is 0. The Bertz CT molecular complexity index is 232. The fourth-order valence-electron chi connectivity index (χ4n) is 0.676. The number of anilines is 1. The van der Waals surface area contributed by atoms with E-state index in [2.05, 4.69) is 5.32 Å². The van der Waals surface area contributed by atoms with E-state index < -0.39 is 0 Å². The molecule has 0 aliphatic carbocycles. The van der Waals surface area contributed by atoms with E-state index >= 15 is 0 Å². The maximum Gasteiger partial charge on any atom is 0.144 e. The van der Waals surface area contributed by atoms with E-state index in [-0.39, 0.29) is 5.82 Å². The van der Waals surface area contributed by atoms with E-state index in [1.807, 2.05) is 0 Å². The Labute approximate surface area is 64.0 Å². The third kappa shape index (κ3) is 2.37. The second-order valence-corrected chi connectivity index (χ2v) is 1.95. The van der Waals surface area contributed by atoms with Gasteiger partial charge in [0, 0.05) is 5.69 Å². The summed E-state index contributed by atoms with van der Waals surface area (Å²) in [4.78, 5) is 9.85. The summed E-state index contributed by atoms with van der Waals surface area (Å²) in [5, 5.41) is 2.66. The summed E-state index contributed by atoms with van der Waals surface area (Å²) >= 11 is 0. The molecule has 2 nitrogen and oxygen atoms in total. The number of hydrogen-bond donors (Lipinski definition) is 1. The van der Waals surface area contributed by atoms with Crippen molar-refractivity contribution in [1.82, 2.24) is 0 Å². The maximum atomic E-state index is 12.3. The van der Waals surface area contributed by atoms with Crippen LogP contribution < -0.4 is 5.32 Å². The molecule has 0 saturated carbocycles. The van der Waals surface area contributed by atoms with Gasteiger partial charge in [0.25, 0.3) is 0 Å². The van der Waals surface area contributed by atoms with Gasteiger partial charge in [-0.1, -0.05) is 0 Å². The Balaban J connectivity index is 2.58. The molecule has 0 amide bonds. The second-order valence-electron chi connectivity index (χ2n) is 1.95. The van der Waals surface area contributed by atoms with Gasteiger partial charge in [-0.2, -0.15) is 0 Å². The minimum absolute atomic E-state index is 0.290. The lowest BCUT2D eigenvalue weighted by molar-refractivity contribution is -0.105. The number of benzene rings is 1. The van der Waals surface area contributed by atoms with Gasteiger partial charge in [0.05, 0.1) is 0 Å². The molecule has 1 rings (SSSR count). The van der Waals surface area contributed by atoms with Crippen LogP contribution in [0.4, 0.5) is 10.1 Å². The minimum atomic E-state index is -0.290. The van der Waals surface area contributed by atoms with Crippen molar-refractivity contribution in [3.63, 3.8) is 0 Å². The van der Waals surface area contributed by atoms with Gasteiger partial charge in [-0.05, 0) is 24.3 Å². The van der Waals surface area contributed by atoms with Crippen molar-refractivity contribution in [2.24, 2.45) is 0 Å². The van der Waals surface area contributed by atoms with Crippen molar-refractivity contribution in [3.8, 4) is 0 Å². The molecule has 0 aliphatic heterocycles. The Hall–Kier alpha value is -1.38. The quantitative estimate of drug-likeness (QED) is 0.666. The average molecular weight is 152 g/mol. The molecule has 0 saturated heterocycles. The first kappa shape index (κ1) is 7.72. The van der Waals surface area contributed by atoms with E-state index in [9.17, 15) is 9.18 Å². The topological polar surface area (TPSA) is 29.1 Å². The minimum Gasteiger partial charge on any atom is -0.373 e. The number of nitrogens with one attached hydrogen (secondary N) is 1. The first-order chi connectivity index (χ1) is 5.33. The van der Waals surface area contributed by atoms with Crippen LogP contribution >= 0.6 is 0 Å². The Kier molecular flexibility index (Phi) is 2.60. The number of rotatable bonds is 3. The van der Waals surface area contributed by atoms with E-state index in [1.54, 1.807) is 12.1 Å².